The van der Waals surface area contributed by atoms with Gasteiger partial charge in [-0.05, 0) is 42.3 Å². The fourth-order valence-electron chi connectivity index (χ4n) is 2.54. The summed E-state index contributed by atoms with van der Waals surface area (Å²) in [6.07, 6.45) is 1.73. The van der Waals surface area contributed by atoms with Crippen LogP contribution in [0.5, 0.6) is 11.5 Å². The Morgan fingerprint density at radius 1 is 0.962 bits per heavy atom. The minimum absolute atomic E-state index is 0.554. The van der Waals surface area contributed by atoms with E-state index < -0.39 is 0 Å². The molecule has 0 bridgehead atoms. The number of ether oxygens (including phenoxy) is 2. The minimum atomic E-state index is 0.554. The van der Waals surface area contributed by atoms with E-state index in [0.717, 1.165) is 22.6 Å². The van der Waals surface area contributed by atoms with Gasteiger partial charge in [0.15, 0.2) is 11.5 Å². The lowest BCUT2D eigenvalue weighted by molar-refractivity contribution is 0.354. The van der Waals surface area contributed by atoms with E-state index in [1.807, 2.05) is 42.5 Å². The fourth-order valence-corrected chi connectivity index (χ4v) is 2.54. The van der Waals surface area contributed by atoms with Gasteiger partial charge in [0.25, 0.3) is 0 Å². The van der Waals surface area contributed by atoms with Crippen molar-refractivity contribution in [2.45, 2.75) is 13.5 Å². The molecule has 0 spiro atoms. The first-order valence-corrected chi connectivity index (χ1v) is 8.30. The molecule has 3 aromatic rings. The van der Waals surface area contributed by atoms with Crippen LogP contribution in [0.15, 0.2) is 54.7 Å². The first kappa shape index (κ1) is 17.5. The van der Waals surface area contributed by atoms with Crippen molar-refractivity contribution in [2.75, 3.05) is 24.9 Å². The van der Waals surface area contributed by atoms with Crippen LogP contribution in [0.2, 0.25) is 0 Å². The molecule has 0 aliphatic heterocycles. The maximum Gasteiger partial charge on any atom is 0.224 e. The van der Waals surface area contributed by atoms with Crippen molar-refractivity contribution in [3.05, 3.63) is 65.9 Å². The number of methoxy groups -OCH3 is 2. The van der Waals surface area contributed by atoms with Crippen LogP contribution in [0.3, 0.4) is 0 Å². The summed E-state index contributed by atoms with van der Waals surface area (Å²) in [5, 5.41) is 6.55. The number of nitrogens with one attached hydrogen (secondary N) is 2. The Morgan fingerprint density at radius 2 is 1.77 bits per heavy atom. The van der Waals surface area contributed by atoms with Gasteiger partial charge in [-0.15, -0.1) is 0 Å². The molecule has 6 nitrogen and oxygen atoms in total. The Morgan fingerprint density at radius 3 is 2.54 bits per heavy atom. The lowest BCUT2D eigenvalue weighted by Gasteiger charge is -2.11. The Bertz CT molecular complexity index is 883. The van der Waals surface area contributed by atoms with Crippen LogP contribution >= 0.6 is 0 Å². The molecular formula is C20H22N4O2. The van der Waals surface area contributed by atoms with E-state index in [1.165, 1.54) is 0 Å². The lowest BCUT2D eigenvalue weighted by atomic mass is 10.2. The third-order valence-electron chi connectivity index (χ3n) is 3.96. The number of hydrogen-bond acceptors (Lipinski definition) is 6. The predicted molar refractivity (Wildman–Crippen MR) is 103 cm³/mol. The zero-order valence-electron chi connectivity index (χ0n) is 15.1. The van der Waals surface area contributed by atoms with Gasteiger partial charge in [0.1, 0.15) is 5.82 Å². The van der Waals surface area contributed by atoms with Crippen molar-refractivity contribution in [3.8, 4) is 11.5 Å². The average molecular weight is 350 g/mol. The summed E-state index contributed by atoms with van der Waals surface area (Å²) < 4.78 is 10.6. The summed E-state index contributed by atoms with van der Waals surface area (Å²) in [7, 11) is 3.25. The summed E-state index contributed by atoms with van der Waals surface area (Å²) in [4.78, 5) is 8.79. The largest absolute Gasteiger partial charge is 0.493 e. The molecule has 0 amide bonds. The number of nitrogens with zero attached hydrogens (tertiary/aromatic N) is 2. The van der Waals surface area contributed by atoms with Crippen LogP contribution in [-0.2, 0) is 6.54 Å². The van der Waals surface area contributed by atoms with Crippen LogP contribution < -0.4 is 20.1 Å². The number of para-hydroxylation sites is 1. The minimum Gasteiger partial charge on any atom is -0.493 e. The molecule has 0 unspecified atom stereocenters. The Balaban J connectivity index is 1.68. The second-order valence-corrected chi connectivity index (χ2v) is 5.75. The third kappa shape index (κ3) is 4.22. The molecule has 0 saturated heterocycles. The molecule has 1 aromatic heterocycles. The molecule has 26 heavy (non-hydrogen) atoms. The van der Waals surface area contributed by atoms with E-state index in [2.05, 4.69) is 33.6 Å². The predicted octanol–water partition coefficient (Wildman–Crippen LogP) is 4.16. The zero-order valence-corrected chi connectivity index (χ0v) is 15.1. The van der Waals surface area contributed by atoms with E-state index >= 15 is 0 Å². The summed E-state index contributed by atoms with van der Waals surface area (Å²) in [6, 6.07) is 15.7. The van der Waals surface area contributed by atoms with Crippen molar-refractivity contribution >= 4 is 17.5 Å². The van der Waals surface area contributed by atoms with Gasteiger partial charge in [-0.1, -0.05) is 24.3 Å². The van der Waals surface area contributed by atoms with Crippen LogP contribution in [-0.4, -0.2) is 24.2 Å². The molecule has 0 radical (unpaired) electrons. The van der Waals surface area contributed by atoms with E-state index in [-0.39, 0.29) is 0 Å². The molecule has 1 heterocycles. The number of aryl methyl sites for hydroxylation is 1. The molecule has 0 fully saturated rings. The number of aromatic nitrogens is 2. The highest BCUT2D eigenvalue weighted by Crippen LogP contribution is 2.27. The van der Waals surface area contributed by atoms with E-state index in [4.69, 9.17) is 9.47 Å². The normalized spacial score (nSPS) is 10.3. The maximum absolute atomic E-state index is 5.33. The lowest BCUT2D eigenvalue weighted by Crippen LogP contribution is -2.05. The highest BCUT2D eigenvalue weighted by Gasteiger charge is 2.06. The van der Waals surface area contributed by atoms with Crippen molar-refractivity contribution in [3.63, 3.8) is 0 Å². The maximum atomic E-state index is 5.33. The Labute approximate surface area is 153 Å². The SMILES string of the molecule is COc1ccc(CNc2nccc(Nc3ccccc3C)n2)cc1OC. The van der Waals surface area contributed by atoms with Gasteiger partial charge in [0.05, 0.1) is 14.2 Å². The van der Waals surface area contributed by atoms with Crippen LogP contribution in [0.1, 0.15) is 11.1 Å². The monoisotopic (exact) mass is 350 g/mol. The molecular weight excluding hydrogens is 328 g/mol. The number of anilines is 3. The third-order valence-corrected chi connectivity index (χ3v) is 3.96. The van der Waals surface area contributed by atoms with Crippen LogP contribution in [0.4, 0.5) is 17.5 Å². The van der Waals surface area contributed by atoms with Gasteiger partial charge in [-0.2, -0.15) is 4.98 Å². The molecule has 0 atom stereocenters. The van der Waals surface area contributed by atoms with Crippen LogP contribution in [0.25, 0.3) is 0 Å². The van der Waals surface area contributed by atoms with E-state index in [9.17, 15) is 0 Å². The molecule has 0 aliphatic rings. The molecule has 2 aromatic carbocycles. The molecule has 3 rings (SSSR count). The summed E-state index contributed by atoms with van der Waals surface area (Å²) in [6.45, 7) is 2.63. The van der Waals surface area contributed by atoms with E-state index in [0.29, 0.717) is 24.0 Å². The zero-order chi connectivity index (χ0) is 18.4. The van der Waals surface area contributed by atoms with Crippen LogP contribution in [0, 0.1) is 6.92 Å². The topological polar surface area (TPSA) is 68.3 Å². The quantitative estimate of drug-likeness (QED) is 0.667. The first-order valence-electron chi connectivity index (χ1n) is 8.30. The van der Waals surface area contributed by atoms with Gasteiger partial charge in [-0.3, -0.25) is 0 Å². The highest BCUT2D eigenvalue weighted by molar-refractivity contribution is 5.60. The molecule has 0 saturated carbocycles. The molecule has 134 valence electrons. The molecule has 6 heteroatoms. The van der Waals surface area contributed by atoms with Gasteiger partial charge >= 0.3 is 0 Å². The van der Waals surface area contributed by atoms with E-state index in [1.54, 1.807) is 20.4 Å². The highest BCUT2D eigenvalue weighted by atomic mass is 16.5. The second-order valence-electron chi connectivity index (χ2n) is 5.75. The number of hydrogen-bond donors (Lipinski definition) is 2. The fraction of sp³-hybridized carbons (Fsp3) is 0.200. The van der Waals surface area contributed by atoms with Gasteiger partial charge in [0, 0.05) is 18.4 Å². The summed E-state index contributed by atoms with van der Waals surface area (Å²) >= 11 is 0. The summed E-state index contributed by atoms with van der Waals surface area (Å²) in [5.41, 5.74) is 3.23. The van der Waals surface area contributed by atoms with Gasteiger partial charge < -0.3 is 20.1 Å². The average Bonchev–Trinajstić information content (AvgIpc) is 2.68. The Hall–Kier alpha value is -3.28. The standard InChI is InChI=1S/C20H22N4O2/c1-14-6-4-5-7-16(14)23-19-10-11-21-20(24-19)22-13-15-8-9-17(25-2)18(12-15)26-3/h4-12H,13H2,1-3H3,(H2,21,22,23,24). The number of rotatable bonds is 7. The van der Waals surface area contributed by atoms with Crippen molar-refractivity contribution in [1.82, 2.24) is 9.97 Å². The van der Waals surface area contributed by atoms with Gasteiger partial charge in [0.2, 0.25) is 5.95 Å². The molecule has 2 N–H and O–H groups in total. The summed E-state index contributed by atoms with van der Waals surface area (Å²) in [5.74, 6) is 2.70. The van der Waals surface area contributed by atoms with Gasteiger partial charge in [-0.25, -0.2) is 4.98 Å². The van der Waals surface area contributed by atoms with Crippen molar-refractivity contribution < 1.29 is 9.47 Å². The first-order chi connectivity index (χ1) is 12.7. The Kier molecular flexibility index (Phi) is 5.53. The molecule has 0 aliphatic carbocycles. The smallest absolute Gasteiger partial charge is 0.224 e. The van der Waals surface area contributed by atoms with Crippen molar-refractivity contribution in [2.24, 2.45) is 0 Å². The van der Waals surface area contributed by atoms with Crippen molar-refractivity contribution in [1.29, 1.82) is 0 Å². The second kappa shape index (κ2) is 8.20. The number of benzene rings is 2.